The fourth-order valence-electron chi connectivity index (χ4n) is 2.76. The zero-order chi connectivity index (χ0) is 18.2. The lowest BCUT2D eigenvalue weighted by Crippen LogP contribution is -2.28. The first-order valence-electron chi connectivity index (χ1n) is 7.54. The first-order chi connectivity index (χ1) is 11.8. The number of fused-ring (bicyclic) bond motifs is 1. The van der Waals surface area contributed by atoms with Gasteiger partial charge in [-0.2, -0.15) is 4.31 Å². The molecule has 1 aliphatic heterocycles. The summed E-state index contributed by atoms with van der Waals surface area (Å²) in [6.45, 7) is 0.800. The van der Waals surface area contributed by atoms with Crippen molar-refractivity contribution in [1.29, 1.82) is 0 Å². The number of sulfonamides is 1. The minimum atomic E-state index is -3.92. The Morgan fingerprint density at radius 2 is 2.16 bits per heavy atom. The highest BCUT2D eigenvalue weighted by Gasteiger charge is 2.27. The average Bonchev–Trinajstić information content (AvgIpc) is 3.19. The molecule has 0 fully saturated rings. The molecule has 1 aliphatic rings. The van der Waals surface area contributed by atoms with E-state index >= 15 is 0 Å². The molecule has 0 amide bonds. The monoisotopic (exact) mass is 367 g/mol. The highest BCUT2D eigenvalue weighted by atomic mass is 32.2. The molecule has 134 valence electrons. The van der Waals surface area contributed by atoms with Crippen molar-refractivity contribution < 1.29 is 18.1 Å². The van der Waals surface area contributed by atoms with Gasteiger partial charge in [-0.05, 0) is 18.6 Å². The second-order valence-corrected chi connectivity index (χ2v) is 7.68. The molecule has 0 atom stereocenters. The number of methoxy groups -OCH3 is 1. The van der Waals surface area contributed by atoms with Gasteiger partial charge in [-0.3, -0.25) is 10.1 Å². The zero-order valence-corrected chi connectivity index (χ0v) is 14.6. The number of hydrogen-bond donors (Lipinski definition) is 0. The van der Waals surface area contributed by atoms with Gasteiger partial charge < -0.3 is 9.30 Å². The lowest BCUT2D eigenvalue weighted by molar-refractivity contribution is -0.386. The Labute approximate surface area is 144 Å². The predicted octanol–water partition coefficient (Wildman–Crippen LogP) is 0.962. The summed E-state index contributed by atoms with van der Waals surface area (Å²) in [5, 5.41) is 19.2. The summed E-state index contributed by atoms with van der Waals surface area (Å²) < 4.78 is 33.4. The Kier molecular flexibility index (Phi) is 4.43. The van der Waals surface area contributed by atoms with E-state index in [9.17, 15) is 18.5 Å². The van der Waals surface area contributed by atoms with Crippen LogP contribution in [-0.2, 0) is 29.5 Å². The highest BCUT2D eigenvalue weighted by molar-refractivity contribution is 7.89. The van der Waals surface area contributed by atoms with E-state index in [1.165, 1.54) is 26.3 Å². The van der Waals surface area contributed by atoms with Crippen molar-refractivity contribution in [2.24, 2.45) is 0 Å². The van der Waals surface area contributed by atoms with E-state index in [1.54, 1.807) is 0 Å². The van der Waals surface area contributed by atoms with Crippen molar-refractivity contribution in [2.45, 2.75) is 30.8 Å². The van der Waals surface area contributed by atoms with E-state index in [0.29, 0.717) is 5.82 Å². The fraction of sp³-hybridized carbons (Fsp3) is 0.429. The van der Waals surface area contributed by atoms with Crippen LogP contribution in [-0.4, -0.2) is 46.6 Å². The number of aryl methyl sites for hydroxylation is 1. The van der Waals surface area contributed by atoms with Gasteiger partial charge in [0.1, 0.15) is 11.6 Å². The smallest absolute Gasteiger partial charge is 0.312 e. The van der Waals surface area contributed by atoms with E-state index in [-0.39, 0.29) is 17.2 Å². The molecule has 3 rings (SSSR count). The Bertz CT molecular complexity index is 924. The molecule has 0 saturated heterocycles. The van der Waals surface area contributed by atoms with Crippen LogP contribution in [0.15, 0.2) is 23.1 Å². The van der Waals surface area contributed by atoms with E-state index in [4.69, 9.17) is 4.74 Å². The highest BCUT2D eigenvalue weighted by Crippen LogP contribution is 2.30. The summed E-state index contributed by atoms with van der Waals surface area (Å²) in [5.41, 5.74) is -0.402. The number of benzene rings is 1. The third kappa shape index (κ3) is 3.07. The number of ether oxygens (including phenoxy) is 1. The van der Waals surface area contributed by atoms with Crippen LogP contribution >= 0.6 is 0 Å². The van der Waals surface area contributed by atoms with Gasteiger partial charge in [-0.1, -0.05) is 0 Å². The van der Waals surface area contributed by atoms with Gasteiger partial charge in [-0.25, -0.2) is 8.42 Å². The maximum Gasteiger partial charge on any atom is 0.312 e. The van der Waals surface area contributed by atoms with Gasteiger partial charge in [0.25, 0.3) is 0 Å². The van der Waals surface area contributed by atoms with Gasteiger partial charge in [0.15, 0.2) is 5.75 Å². The summed E-state index contributed by atoms with van der Waals surface area (Å²) in [6, 6.07) is 3.55. The van der Waals surface area contributed by atoms with Crippen LogP contribution in [0.1, 0.15) is 18.1 Å². The zero-order valence-electron chi connectivity index (χ0n) is 13.7. The van der Waals surface area contributed by atoms with E-state index < -0.39 is 20.6 Å². The Hall–Kier alpha value is -2.53. The van der Waals surface area contributed by atoms with Gasteiger partial charge in [-0.15, -0.1) is 10.2 Å². The second kappa shape index (κ2) is 6.41. The Balaban J connectivity index is 1.90. The standard InChI is InChI=1S/C14H17N5O5S/c1-17(9-14-16-15-13-4-3-7-18(13)14)25(22,23)10-5-6-12(24-2)11(8-10)19(20)21/h5-6,8H,3-4,7,9H2,1-2H3. The Morgan fingerprint density at radius 3 is 2.84 bits per heavy atom. The van der Waals surface area contributed by atoms with Crippen LogP contribution < -0.4 is 4.74 Å². The molecule has 1 aromatic carbocycles. The minimum Gasteiger partial charge on any atom is -0.490 e. The molecule has 2 heterocycles. The molecule has 2 aromatic rings. The molecule has 0 unspecified atom stereocenters. The van der Waals surface area contributed by atoms with E-state index in [1.807, 2.05) is 4.57 Å². The first kappa shape index (κ1) is 17.3. The molecule has 0 spiro atoms. The molecule has 0 bridgehead atoms. The van der Waals surface area contributed by atoms with E-state index in [0.717, 1.165) is 35.6 Å². The van der Waals surface area contributed by atoms with Gasteiger partial charge >= 0.3 is 5.69 Å². The van der Waals surface area contributed by atoms with Crippen molar-refractivity contribution in [3.63, 3.8) is 0 Å². The quantitative estimate of drug-likeness (QED) is 0.551. The molecular weight excluding hydrogens is 350 g/mol. The third-order valence-electron chi connectivity index (χ3n) is 4.11. The summed E-state index contributed by atoms with van der Waals surface area (Å²) in [6.07, 6.45) is 1.78. The van der Waals surface area contributed by atoms with Crippen LogP contribution in [0.5, 0.6) is 5.75 Å². The van der Waals surface area contributed by atoms with Crippen LogP contribution in [0.4, 0.5) is 5.69 Å². The second-order valence-electron chi connectivity index (χ2n) is 5.64. The molecule has 11 heteroatoms. The van der Waals surface area contributed by atoms with Gasteiger partial charge in [0.05, 0.1) is 23.5 Å². The number of nitrogens with zero attached hydrogens (tertiary/aromatic N) is 5. The topological polar surface area (TPSA) is 120 Å². The van der Waals surface area contributed by atoms with Crippen molar-refractivity contribution in [1.82, 2.24) is 19.1 Å². The van der Waals surface area contributed by atoms with Crippen LogP contribution in [0.25, 0.3) is 0 Å². The summed E-state index contributed by atoms with van der Waals surface area (Å²) in [7, 11) is -1.23. The molecular formula is C14H17N5O5S. The predicted molar refractivity (Wildman–Crippen MR) is 86.6 cm³/mol. The van der Waals surface area contributed by atoms with Gasteiger partial charge in [0.2, 0.25) is 10.0 Å². The SMILES string of the molecule is COc1ccc(S(=O)(=O)N(C)Cc2nnc3n2CCC3)cc1[N+](=O)[O-]. The normalized spacial score (nSPS) is 13.9. The molecule has 10 nitrogen and oxygen atoms in total. The maximum absolute atomic E-state index is 12.7. The number of nitro benzene ring substituents is 1. The largest absolute Gasteiger partial charge is 0.490 e. The summed E-state index contributed by atoms with van der Waals surface area (Å²) in [5.74, 6) is 1.41. The molecule has 0 aliphatic carbocycles. The fourth-order valence-corrected chi connectivity index (χ4v) is 3.91. The van der Waals surface area contributed by atoms with Crippen molar-refractivity contribution in [2.75, 3.05) is 14.2 Å². The van der Waals surface area contributed by atoms with Crippen LogP contribution in [0, 0.1) is 10.1 Å². The molecule has 0 saturated carbocycles. The minimum absolute atomic E-state index is 0.00174. The van der Waals surface area contributed by atoms with Crippen LogP contribution in [0.3, 0.4) is 0 Å². The van der Waals surface area contributed by atoms with E-state index in [2.05, 4.69) is 10.2 Å². The van der Waals surface area contributed by atoms with Crippen molar-refractivity contribution in [3.8, 4) is 5.75 Å². The van der Waals surface area contributed by atoms with Crippen LogP contribution in [0.2, 0.25) is 0 Å². The summed E-state index contributed by atoms with van der Waals surface area (Å²) >= 11 is 0. The molecule has 1 aromatic heterocycles. The van der Waals surface area contributed by atoms with Gasteiger partial charge in [0, 0.05) is 26.1 Å². The number of hydrogen-bond acceptors (Lipinski definition) is 7. The van der Waals surface area contributed by atoms with Crippen molar-refractivity contribution >= 4 is 15.7 Å². The number of aromatic nitrogens is 3. The molecule has 0 N–H and O–H groups in total. The lowest BCUT2D eigenvalue weighted by atomic mass is 10.3. The molecule has 25 heavy (non-hydrogen) atoms. The maximum atomic E-state index is 12.7. The molecule has 0 radical (unpaired) electrons. The number of nitro groups is 1. The number of rotatable bonds is 6. The summed E-state index contributed by atoms with van der Waals surface area (Å²) in [4.78, 5) is 10.3. The lowest BCUT2D eigenvalue weighted by Gasteiger charge is -2.17. The third-order valence-corrected chi connectivity index (χ3v) is 5.90. The average molecular weight is 367 g/mol. The van der Waals surface area contributed by atoms with Crippen molar-refractivity contribution in [3.05, 3.63) is 40.0 Å². The first-order valence-corrected chi connectivity index (χ1v) is 8.98. The Morgan fingerprint density at radius 1 is 1.40 bits per heavy atom.